The number of carbonyl (C=O) groups is 2. The van der Waals surface area contributed by atoms with Crippen LogP contribution in [-0.4, -0.2) is 48.0 Å². The predicted octanol–water partition coefficient (Wildman–Crippen LogP) is -0.451. The van der Waals surface area contributed by atoms with E-state index in [0.717, 1.165) is 5.56 Å². The van der Waals surface area contributed by atoms with Crippen molar-refractivity contribution in [2.24, 2.45) is 0 Å². The van der Waals surface area contributed by atoms with Gasteiger partial charge in [-0.25, -0.2) is 0 Å². The quantitative estimate of drug-likeness (QED) is 0.631. The van der Waals surface area contributed by atoms with Gasteiger partial charge in [-0.3, -0.25) is 9.59 Å². The molecule has 19 heavy (non-hydrogen) atoms. The Morgan fingerprint density at radius 1 is 1.21 bits per heavy atom. The van der Waals surface area contributed by atoms with E-state index in [1.807, 2.05) is 0 Å². The Morgan fingerprint density at radius 3 is 2.42 bits per heavy atom. The molecule has 0 aromatic heterocycles. The molecule has 1 aromatic rings. The minimum absolute atomic E-state index is 0.0477. The molecule has 0 aliphatic carbocycles. The summed E-state index contributed by atoms with van der Waals surface area (Å²) in [6.45, 7) is 2.48. The van der Waals surface area contributed by atoms with Gasteiger partial charge in [0.2, 0.25) is 0 Å². The van der Waals surface area contributed by atoms with Crippen molar-refractivity contribution >= 4 is 17.5 Å². The molecule has 1 saturated heterocycles. The molecule has 6 heteroatoms. The second-order valence-corrected chi connectivity index (χ2v) is 4.35. The molecule has 1 aromatic carbocycles. The lowest BCUT2D eigenvalue weighted by Gasteiger charge is -2.26. The Labute approximate surface area is 111 Å². The molecular formula is C13H17N3O3. The second kappa shape index (κ2) is 6.31. The van der Waals surface area contributed by atoms with Crippen LogP contribution in [0.2, 0.25) is 0 Å². The van der Waals surface area contributed by atoms with Gasteiger partial charge in [-0.15, -0.1) is 0 Å². The first-order valence-corrected chi connectivity index (χ1v) is 6.21. The fourth-order valence-corrected chi connectivity index (χ4v) is 1.89. The topological polar surface area (TPSA) is 81.7 Å². The van der Waals surface area contributed by atoms with Gasteiger partial charge < -0.3 is 20.6 Å². The maximum atomic E-state index is 11.9. The van der Waals surface area contributed by atoms with Crippen molar-refractivity contribution in [2.45, 2.75) is 6.61 Å². The zero-order valence-corrected chi connectivity index (χ0v) is 10.6. The highest BCUT2D eigenvalue weighted by molar-refractivity contribution is 6.39. The Bertz CT molecular complexity index is 453. The third-order valence-corrected chi connectivity index (χ3v) is 2.99. The summed E-state index contributed by atoms with van der Waals surface area (Å²) in [4.78, 5) is 25.2. The minimum Gasteiger partial charge on any atom is -0.392 e. The number of amides is 2. The Kier molecular flexibility index (Phi) is 4.48. The van der Waals surface area contributed by atoms with Crippen LogP contribution in [0.3, 0.4) is 0 Å². The van der Waals surface area contributed by atoms with Crippen molar-refractivity contribution in [3.8, 4) is 0 Å². The minimum atomic E-state index is -0.626. The second-order valence-electron chi connectivity index (χ2n) is 4.35. The van der Waals surface area contributed by atoms with E-state index in [2.05, 4.69) is 10.6 Å². The SMILES string of the molecule is O=C(Nc1ccc(CO)cc1)C(=O)N1CCNCC1. The average Bonchev–Trinajstić information content (AvgIpc) is 2.48. The maximum absolute atomic E-state index is 11.9. The lowest BCUT2D eigenvalue weighted by atomic mass is 10.2. The number of rotatable bonds is 2. The molecule has 0 unspecified atom stereocenters. The van der Waals surface area contributed by atoms with Crippen molar-refractivity contribution in [3.05, 3.63) is 29.8 Å². The number of nitrogens with one attached hydrogen (secondary N) is 2. The van der Waals surface area contributed by atoms with E-state index in [9.17, 15) is 9.59 Å². The van der Waals surface area contributed by atoms with Gasteiger partial charge in [0.25, 0.3) is 0 Å². The van der Waals surface area contributed by atoms with E-state index in [1.54, 1.807) is 24.3 Å². The molecule has 0 saturated carbocycles. The fraction of sp³-hybridized carbons (Fsp3) is 0.385. The monoisotopic (exact) mass is 263 g/mol. The number of benzene rings is 1. The molecule has 1 heterocycles. The van der Waals surface area contributed by atoms with Gasteiger partial charge in [-0.1, -0.05) is 12.1 Å². The standard InChI is InChI=1S/C13H17N3O3/c17-9-10-1-3-11(4-2-10)15-12(18)13(19)16-7-5-14-6-8-16/h1-4,14,17H,5-9H2,(H,15,18). The third-order valence-electron chi connectivity index (χ3n) is 2.99. The first kappa shape index (κ1) is 13.5. The highest BCUT2D eigenvalue weighted by Gasteiger charge is 2.23. The summed E-state index contributed by atoms with van der Waals surface area (Å²) in [5.74, 6) is -1.13. The number of nitrogens with zero attached hydrogens (tertiary/aromatic N) is 1. The van der Waals surface area contributed by atoms with Gasteiger partial charge in [0.15, 0.2) is 0 Å². The smallest absolute Gasteiger partial charge is 0.313 e. The molecule has 6 nitrogen and oxygen atoms in total. The first-order valence-electron chi connectivity index (χ1n) is 6.21. The van der Waals surface area contributed by atoms with Crippen LogP contribution in [0.1, 0.15) is 5.56 Å². The number of hydrogen-bond acceptors (Lipinski definition) is 4. The van der Waals surface area contributed by atoms with Gasteiger partial charge in [0.05, 0.1) is 6.61 Å². The molecule has 0 spiro atoms. The maximum Gasteiger partial charge on any atom is 0.313 e. The molecule has 3 N–H and O–H groups in total. The Morgan fingerprint density at radius 2 is 1.84 bits per heavy atom. The summed E-state index contributed by atoms with van der Waals surface area (Å²) in [6, 6.07) is 6.72. The summed E-state index contributed by atoms with van der Waals surface area (Å²) in [5.41, 5.74) is 1.30. The molecule has 2 amide bonds. The summed E-state index contributed by atoms with van der Waals surface area (Å²) in [7, 11) is 0. The first-order chi connectivity index (χ1) is 9.20. The van der Waals surface area contributed by atoms with Crippen molar-refractivity contribution in [2.75, 3.05) is 31.5 Å². The van der Waals surface area contributed by atoms with E-state index < -0.39 is 11.8 Å². The van der Waals surface area contributed by atoms with Gasteiger partial charge in [0, 0.05) is 31.9 Å². The number of carbonyl (C=O) groups excluding carboxylic acids is 2. The number of piperazine rings is 1. The van der Waals surface area contributed by atoms with Crippen LogP contribution >= 0.6 is 0 Å². The van der Waals surface area contributed by atoms with Crippen molar-refractivity contribution < 1.29 is 14.7 Å². The number of anilines is 1. The van der Waals surface area contributed by atoms with E-state index in [4.69, 9.17) is 5.11 Å². The van der Waals surface area contributed by atoms with Crippen LogP contribution in [0.25, 0.3) is 0 Å². The lowest BCUT2D eigenvalue weighted by molar-refractivity contribution is -0.143. The molecule has 0 bridgehead atoms. The summed E-state index contributed by atoms with van der Waals surface area (Å²) in [6.07, 6.45) is 0. The molecule has 2 rings (SSSR count). The zero-order chi connectivity index (χ0) is 13.7. The predicted molar refractivity (Wildman–Crippen MR) is 70.4 cm³/mol. The molecule has 0 radical (unpaired) electrons. The van der Waals surface area contributed by atoms with Crippen LogP contribution in [0, 0.1) is 0 Å². The molecular weight excluding hydrogens is 246 g/mol. The molecule has 1 fully saturated rings. The van der Waals surface area contributed by atoms with Gasteiger partial charge in [0.1, 0.15) is 0 Å². The average molecular weight is 263 g/mol. The summed E-state index contributed by atoms with van der Waals surface area (Å²) >= 11 is 0. The largest absolute Gasteiger partial charge is 0.392 e. The fourth-order valence-electron chi connectivity index (χ4n) is 1.89. The molecule has 1 aliphatic heterocycles. The Balaban J connectivity index is 1.93. The van der Waals surface area contributed by atoms with Crippen LogP contribution in [0.4, 0.5) is 5.69 Å². The van der Waals surface area contributed by atoms with Crippen molar-refractivity contribution in [1.82, 2.24) is 10.2 Å². The van der Waals surface area contributed by atoms with E-state index in [0.29, 0.717) is 31.9 Å². The van der Waals surface area contributed by atoms with Crippen LogP contribution in [-0.2, 0) is 16.2 Å². The summed E-state index contributed by atoms with van der Waals surface area (Å²) < 4.78 is 0. The number of aliphatic hydroxyl groups excluding tert-OH is 1. The number of aliphatic hydroxyl groups is 1. The van der Waals surface area contributed by atoms with Crippen molar-refractivity contribution in [1.29, 1.82) is 0 Å². The van der Waals surface area contributed by atoms with E-state index in [1.165, 1.54) is 4.90 Å². The van der Waals surface area contributed by atoms with E-state index in [-0.39, 0.29) is 6.61 Å². The molecule has 1 aliphatic rings. The highest BCUT2D eigenvalue weighted by Crippen LogP contribution is 2.09. The normalized spacial score (nSPS) is 15.1. The van der Waals surface area contributed by atoms with Gasteiger partial charge >= 0.3 is 11.8 Å². The zero-order valence-electron chi connectivity index (χ0n) is 10.6. The highest BCUT2D eigenvalue weighted by atomic mass is 16.3. The lowest BCUT2D eigenvalue weighted by Crippen LogP contribution is -2.49. The van der Waals surface area contributed by atoms with E-state index >= 15 is 0 Å². The number of hydrogen-bond donors (Lipinski definition) is 3. The molecule has 102 valence electrons. The van der Waals surface area contributed by atoms with Gasteiger partial charge in [-0.2, -0.15) is 0 Å². The van der Waals surface area contributed by atoms with Crippen molar-refractivity contribution in [3.63, 3.8) is 0 Å². The summed E-state index contributed by atoms with van der Waals surface area (Å²) in [5, 5.41) is 14.6. The Hall–Kier alpha value is -1.92. The van der Waals surface area contributed by atoms with Crippen LogP contribution in [0.5, 0.6) is 0 Å². The van der Waals surface area contributed by atoms with Crippen LogP contribution < -0.4 is 10.6 Å². The molecule has 0 atom stereocenters. The van der Waals surface area contributed by atoms with Gasteiger partial charge in [-0.05, 0) is 17.7 Å². The third kappa shape index (κ3) is 3.52. The van der Waals surface area contributed by atoms with Crippen LogP contribution in [0.15, 0.2) is 24.3 Å².